The van der Waals surface area contributed by atoms with Gasteiger partial charge in [0.2, 0.25) is 0 Å². The van der Waals surface area contributed by atoms with Crippen molar-refractivity contribution >= 4 is 16.9 Å². The van der Waals surface area contributed by atoms with E-state index in [1.165, 1.54) is 18.2 Å². The molecule has 0 aliphatic rings. The third-order valence-corrected chi connectivity index (χ3v) is 3.96. The van der Waals surface area contributed by atoms with Crippen LogP contribution < -0.4 is 15.7 Å². The first-order chi connectivity index (χ1) is 12.5. The van der Waals surface area contributed by atoms with Gasteiger partial charge in [-0.15, -0.1) is 0 Å². The number of carbonyl (C=O) groups excluding carboxylic acids is 1. The first kappa shape index (κ1) is 17.7. The Labute approximate surface area is 149 Å². The minimum absolute atomic E-state index is 0.176. The summed E-state index contributed by atoms with van der Waals surface area (Å²) in [5.41, 5.74) is 1.71. The molecule has 0 spiro atoms. The van der Waals surface area contributed by atoms with Gasteiger partial charge in [-0.1, -0.05) is 19.1 Å². The van der Waals surface area contributed by atoms with Crippen LogP contribution in [-0.2, 0) is 17.8 Å². The molecule has 0 aliphatic carbocycles. The van der Waals surface area contributed by atoms with E-state index < -0.39 is 5.63 Å². The molecule has 1 aromatic heterocycles. The lowest BCUT2D eigenvalue weighted by Crippen LogP contribution is -2.28. The number of benzene rings is 2. The van der Waals surface area contributed by atoms with Gasteiger partial charge >= 0.3 is 5.63 Å². The van der Waals surface area contributed by atoms with Crippen LogP contribution in [0.5, 0.6) is 5.75 Å². The van der Waals surface area contributed by atoms with Crippen LogP contribution in [0.4, 0.5) is 4.39 Å². The normalized spacial score (nSPS) is 10.7. The number of halogens is 1. The SMILES string of the molecule is CCc1cc(=O)oc2cc(OCC(=O)NCc3ccc(F)cc3)ccc12. The van der Waals surface area contributed by atoms with Gasteiger partial charge in [-0.3, -0.25) is 4.79 Å². The van der Waals surface area contributed by atoms with E-state index >= 15 is 0 Å². The highest BCUT2D eigenvalue weighted by Gasteiger charge is 2.08. The second kappa shape index (κ2) is 7.82. The van der Waals surface area contributed by atoms with Crippen molar-refractivity contribution in [1.29, 1.82) is 0 Å². The van der Waals surface area contributed by atoms with E-state index in [1.54, 1.807) is 24.3 Å². The van der Waals surface area contributed by atoms with Crippen molar-refractivity contribution in [2.45, 2.75) is 19.9 Å². The number of ether oxygens (including phenoxy) is 1. The predicted octanol–water partition coefficient (Wildman–Crippen LogP) is 3.19. The van der Waals surface area contributed by atoms with Crippen molar-refractivity contribution in [3.05, 3.63) is 75.9 Å². The molecule has 0 saturated carbocycles. The average molecular weight is 355 g/mol. The van der Waals surface area contributed by atoms with E-state index in [0.29, 0.717) is 17.8 Å². The molecule has 5 nitrogen and oxygen atoms in total. The standard InChI is InChI=1S/C20H18FNO4/c1-2-14-9-20(24)26-18-10-16(7-8-17(14)18)25-12-19(23)22-11-13-3-5-15(21)6-4-13/h3-10H,2,11-12H2,1H3,(H,22,23). The number of nitrogens with one attached hydrogen (secondary N) is 1. The minimum Gasteiger partial charge on any atom is -0.484 e. The number of aryl methyl sites for hydroxylation is 1. The molecule has 0 unspecified atom stereocenters. The van der Waals surface area contributed by atoms with Crippen molar-refractivity contribution in [1.82, 2.24) is 5.32 Å². The Kier molecular flexibility index (Phi) is 5.31. The van der Waals surface area contributed by atoms with Crippen LogP contribution in [0.25, 0.3) is 11.0 Å². The lowest BCUT2D eigenvalue weighted by Gasteiger charge is -2.09. The topological polar surface area (TPSA) is 68.5 Å². The molecule has 0 fully saturated rings. The molecule has 1 N–H and O–H groups in total. The van der Waals surface area contributed by atoms with Crippen LogP contribution in [-0.4, -0.2) is 12.5 Å². The van der Waals surface area contributed by atoms with Gasteiger partial charge in [-0.25, -0.2) is 9.18 Å². The van der Waals surface area contributed by atoms with Gasteiger partial charge in [0.15, 0.2) is 6.61 Å². The minimum atomic E-state index is -0.413. The van der Waals surface area contributed by atoms with Gasteiger partial charge in [0.05, 0.1) is 0 Å². The Morgan fingerprint density at radius 1 is 1.15 bits per heavy atom. The summed E-state index contributed by atoms with van der Waals surface area (Å²) in [7, 11) is 0. The number of hydrogen-bond acceptors (Lipinski definition) is 4. The van der Waals surface area contributed by atoms with E-state index in [-0.39, 0.29) is 24.9 Å². The molecule has 26 heavy (non-hydrogen) atoms. The van der Waals surface area contributed by atoms with Crippen LogP contribution in [0.2, 0.25) is 0 Å². The van der Waals surface area contributed by atoms with Crippen LogP contribution >= 0.6 is 0 Å². The summed E-state index contributed by atoms with van der Waals surface area (Å²) >= 11 is 0. The van der Waals surface area contributed by atoms with Crippen LogP contribution in [0.3, 0.4) is 0 Å². The molecule has 0 aliphatic heterocycles. The molecule has 0 bridgehead atoms. The van der Waals surface area contributed by atoms with Crippen LogP contribution in [0.1, 0.15) is 18.1 Å². The first-order valence-corrected chi connectivity index (χ1v) is 8.26. The van der Waals surface area contributed by atoms with E-state index in [9.17, 15) is 14.0 Å². The van der Waals surface area contributed by atoms with E-state index in [4.69, 9.17) is 9.15 Å². The molecule has 0 saturated heterocycles. The Balaban J connectivity index is 1.61. The fourth-order valence-corrected chi connectivity index (χ4v) is 2.60. The molecule has 2 aromatic carbocycles. The summed E-state index contributed by atoms with van der Waals surface area (Å²) in [6.45, 7) is 2.07. The zero-order valence-corrected chi connectivity index (χ0v) is 14.3. The largest absolute Gasteiger partial charge is 0.484 e. The summed E-state index contributed by atoms with van der Waals surface area (Å²) in [4.78, 5) is 23.5. The quantitative estimate of drug-likeness (QED) is 0.690. The molecular weight excluding hydrogens is 337 g/mol. The third kappa shape index (κ3) is 4.27. The molecule has 1 amide bonds. The molecule has 0 atom stereocenters. The van der Waals surface area contributed by atoms with Crippen LogP contribution in [0, 0.1) is 5.82 Å². The van der Waals surface area contributed by atoms with E-state index in [1.807, 2.05) is 13.0 Å². The van der Waals surface area contributed by atoms with Gasteiger partial charge in [-0.05, 0) is 41.8 Å². The summed E-state index contributed by atoms with van der Waals surface area (Å²) in [5.74, 6) is -0.193. The lowest BCUT2D eigenvalue weighted by molar-refractivity contribution is -0.123. The Morgan fingerprint density at radius 2 is 1.92 bits per heavy atom. The molecule has 134 valence electrons. The highest BCUT2D eigenvalue weighted by molar-refractivity contribution is 5.82. The second-order valence-corrected chi connectivity index (χ2v) is 5.79. The third-order valence-electron chi connectivity index (χ3n) is 3.96. The van der Waals surface area contributed by atoms with Gasteiger partial charge in [0.25, 0.3) is 5.91 Å². The van der Waals surface area contributed by atoms with E-state index in [0.717, 1.165) is 16.5 Å². The van der Waals surface area contributed by atoms with E-state index in [2.05, 4.69) is 5.32 Å². The highest BCUT2D eigenvalue weighted by atomic mass is 19.1. The molecule has 1 heterocycles. The zero-order valence-electron chi connectivity index (χ0n) is 14.3. The molecule has 3 rings (SSSR count). The molecular formula is C20H18FNO4. The molecule has 0 radical (unpaired) electrons. The maximum atomic E-state index is 12.8. The highest BCUT2D eigenvalue weighted by Crippen LogP contribution is 2.23. The Hall–Kier alpha value is -3.15. The molecule has 6 heteroatoms. The monoisotopic (exact) mass is 355 g/mol. The number of hydrogen-bond donors (Lipinski definition) is 1. The second-order valence-electron chi connectivity index (χ2n) is 5.79. The smallest absolute Gasteiger partial charge is 0.336 e. The maximum absolute atomic E-state index is 12.8. The summed E-state index contributed by atoms with van der Waals surface area (Å²) < 4.78 is 23.5. The van der Waals surface area contributed by atoms with Crippen LogP contribution in [0.15, 0.2) is 57.7 Å². The fourth-order valence-electron chi connectivity index (χ4n) is 2.60. The number of rotatable bonds is 6. The van der Waals surface area contributed by atoms with Gasteiger partial charge in [0.1, 0.15) is 17.1 Å². The van der Waals surface area contributed by atoms with Crippen molar-refractivity contribution in [2.75, 3.05) is 6.61 Å². The summed E-state index contributed by atoms with van der Waals surface area (Å²) in [5, 5.41) is 3.54. The average Bonchev–Trinajstić information content (AvgIpc) is 2.64. The maximum Gasteiger partial charge on any atom is 0.336 e. The lowest BCUT2D eigenvalue weighted by atomic mass is 10.1. The number of carbonyl (C=O) groups is 1. The van der Waals surface area contributed by atoms with Gasteiger partial charge in [-0.2, -0.15) is 0 Å². The number of fused-ring (bicyclic) bond motifs is 1. The number of amides is 1. The van der Waals surface area contributed by atoms with Gasteiger partial charge in [0, 0.05) is 24.1 Å². The summed E-state index contributed by atoms with van der Waals surface area (Å²) in [6.07, 6.45) is 0.716. The van der Waals surface area contributed by atoms with Gasteiger partial charge < -0.3 is 14.5 Å². The first-order valence-electron chi connectivity index (χ1n) is 8.26. The molecule has 3 aromatic rings. The summed E-state index contributed by atoms with van der Waals surface area (Å²) in [6, 6.07) is 12.5. The fraction of sp³-hybridized carbons (Fsp3) is 0.200. The predicted molar refractivity (Wildman–Crippen MR) is 95.6 cm³/mol. The van der Waals surface area contributed by atoms with Crippen molar-refractivity contribution in [3.63, 3.8) is 0 Å². The van der Waals surface area contributed by atoms with Crippen molar-refractivity contribution in [3.8, 4) is 5.75 Å². The van der Waals surface area contributed by atoms with Crippen molar-refractivity contribution < 1.29 is 18.3 Å². The zero-order chi connectivity index (χ0) is 18.5. The Bertz CT molecular complexity index is 979. The van der Waals surface area contributed by atoms with Crippen molar-refractivity contribution in [2.24, 2.45) is 0 Å². The Morgan fingerprint density at radius 3 is 2.65 bits per heavy atom.